The van der Waals surface area contributed by atoms with Crippen molar-refractivity contribution in [2.75, 3.05) is 5.32 Å². The first-order valence-corrected chi connectivity index (χ1v) is 5.92. The molecule has 19 heavy (non-hydrogen) atoms. The summed E-state index contributed by atoms with van der Waals surface area (Å²) in [6.45, 7) is 2.55. The van der Waals surface area contributed by atoms with Gasteiger partial charge in [-0.2, -0.15) is 0 Å². The maximum absolute atomic E-state index is 10.8. The molecule has 0 aromatic carbocycles. The number of aromatic nitrogens is 3. The second-order valence-corrected chi connectivity index (χ2v) is 3.91. The molecule has 0 atom stereocenters. The number of hydrogen-bond acceptors (Lipinski definition) is 5. The molecule has 0 amide bonds. The zero-order chi connectivity index (χ0) is 13.7. The minimum absolute atomic E-state index is 0.0817. The highest BCUT2D eigenvalue weighted by Crippen LogP contribution is 2.09. The van der Waals surface area contributed by atoms with Crippen molar-refractivity contribution >= 4 is 11.8 Å². The van der Waals surface area contributed by atoms with Gasteiger partial charge >= 0.3 is 5.97 Å². The molecular weight excluding hydrogens is 244 g/mol. The normalized spacial score (nSPS) is 10.2. The molecule has 0 unspecified atom stereocenters. The molecule has 0 radical (unpaired) electrons. The van der Waals surface area contributed by atoms with E-state index in [9.17, 15) is 4.79 Å². The fraction of sp³-hybridized carbons (Fsp3) is 0.231. The standard InChI is InChI=1S/C13H14N4O2/c1-2-9-4-3-5-15-10(9)7-16-12-8-14-6-11(17-12)13(18)19/h3-6,8H,2,7H2,1H3,(H,16,17)(H,18,19). The van der Waals surface area contributed by atoms with Crippen LogP contribution in [0.5, 0.6) is 0 Å². The van der Waals surface area contributed by atoms with Crippen molar-refractivity contribution in [3.63, 3.8) is 0 Å². The summed E-state index contributed by atoms with van der Waals surface area (Å²) in [7, 11) is 0. The van der Waals surface area contributed by atoms with Gasteiger partial charge in [-0.15, -0.1) is 0 Å². The van der Waals surface area contributed by atoms with Gasteiger partial charge in [-0.3, -0.25) is 9.97 Å². The molecule has 0 aliphatic rings. The third kappa shape index (κ3) is 3.25. The highest BCUT2D eigenvalue weighted by atomic mass is 16.4. The van der Waals surface area contributed by atoms with Gasteiger partial charge in [0.15, 0.2) is 5.69 Å². The number of anilines is 1. The first-order chi connectivity index (χ1) is 9.20. The number of carboxylic acid groups (broad SMARTS) is 1. The quantitative estimate of drug-likeness (QED) is 0.849. The Bertz CT molecular complexity index is 586. The number of rotatable bonds is 5. The van der Waals surface area contributed by atoms with Gasteiger partial charge in [0.05, 0.1) is 24.6 Å². The zero-order valence-electron chi connectivity index (χ0n) is 10.5. The van der Waals surface area contributed by atoms with Crippen molar-refractivity contribution in [1.82, 2.24) is 15.0 Å². The molecule has 6 nitrogen and oxygen atoms in total. The number of hydrogen-bond donors (Lipinski definition) is 2. The van der Waals surface area contributed by atoms with Gasteiger partial charge in [-0.05, 0) is 18.1 Å². The van der Waals surface area contributed by atoms with Crippen molar-refractivity contribution in [2.45, 2.75) is 19.9 Å². The Morgan fingerprint density at radius 1 is 1.42 bits per heavy atom. The van der Waals surface area contributed by atoms with E-state index in [-0.39, 0.29) is 5.69 Å². The average molecular weight is 258 g/mol. The van der Waals surface area contributed by atoms with E-state index in [1.165, 1.54) is 12.4 Å². The number of nitrogens with one attached hydrogen (secondary N) is 1. The minimum Gasteiger partial charge on any atom is -0.476 e. The summed E-state index contributed by atoms with van der Waals surface area (Å²) < 4.78 is 0. The number of nitrogens with zero attached hydrogens (tertiary/aromatic N) is 3. The first-order valence-electron chi connectivity index (χ1n) is 5.92. The Hall–Kier alpha value is -2.50. The Morgan fingerprint density at radius 2 is 2.26 bits per heavy atom. The molecule has 0 bridgehead atoms. The molecule has 2 rings (SSSR count). The summed E-state index contributed by atoms with van der Waals surface area (Å²) in [5.41, 5.74) is 1.99. The Morgan fingerprint density at radius 3 is 3.00 bits per heavy atom. The van der Waals surface area contributed by atoms with Crippen molar-refractivity contribution in [3.05, 3.63) is 47.7 Å². The van der Waals surface area contributed by atoms with E-state index in [0.29, 0.717) is 12.4 Å². The van der Waals surface area contributed by atoms with Crippen LogP contribution >= 0.6 is 0 Å². The highest BCUT2D eigenvalue weighted by Gasteiger charge is 2.07. The summed E-state index contributed by atoms with van der Waals surface area (Å²) in [4.78, 5) is 22.9. The molecule has 2 aromatic heterocycles. The van der Waals surface area contributed by atoms with Crippen LogP contribution in [0.4, 0.5) is 5.82 Å². The maximum atomic E-state index is 10.8. The van der Waals surface area contributed by atoms with Gasteiger partial charge in [-0.25, -0.2) is 9.78 Å². The molecule has 98 valence electrons. The van der Waals surface area contributed by atoms with Crippen LogP contribution in [0.25, 0.3) is 0 Å². The van der Waals surface area contributed by atoms with Crippen LogP contribution in [-0.2, 0) is 13.0 Å². The van der Waals surface area contributed by atoms with E-state index in [2.05, 4.69) is 27.2 Å². The Labute approximate surface area is 110 Å². The van der Waals surface area contributed by atoms with E-state index < -0.39 is 5.97 Å². The van der Waals surface area contributed by atoms with E-state index >= 15 is 0 Å². The number of aromatic carboxylic acids is 1. The highest BCUT2D eigenvalue weighted by molar-refractivity contribution is 5.85. The predicted octanol–water partition coefficient (Wildman–Crippen LogP) is 1.74. The van der Waals surface area contributed by atoms with Gasteiger partial charge in [0.1, 0.15) is 5.82 Å². The van der Waals surface area contributed by atoms with Crippen molar-refractivity contribution in [3.8, 4) is 0 Å². The maximum Gasteiger partial charge on any atom is 0.356 e. The van der Waals surface area contributed by atoms with E-state index in [4.69, 9.17) is 5.11 Å². The van der Waals surface area contributed by atoms with E-state index in [1.54, 1.807) is 6.20 Å². The summed E-state index contributed by atoms with van der Waals surface area (Å²) in [6.07, 6.45) is 5.33. The van der Waals surface area contributed by atoms with E-state index in [1.807, 2.05) is 12.1 Å². The lowest BCUT2D eigenvalue weighted by Crippen LogP contribution is -2.09. The number of aryl methyl sites for hydroxylation is 1. The molecule has 6 heteroatoms. The van der Waals surface area contributed by atoms with Crippen LogP contribution in [0.1, 0.15) is 28.7 Å². The molecular formula is C13H14N4O2. The predicted molar refractivity (Wildman–Crippen MR) is 69.9 cm³/mol. The molecule has 2 N–H and O–H groups in total. The van der Waals surface area contributed by atoms with Crippen LogP contribution in [0.3, 0.4) is 0 Å². The topological polar surface area (TPSA) is 88.0 Å². The number of carbonyl (C=O) groups is 1. The third-order valence-corrected chi connectivity index (χ3v) is 2.66. The van der Waals surface area contributed by atoms with Crippen molar-refractivity contribution in [2.24, 2.45) is 0 Å². The Kier molecular flexibility index (Phi) is 4.02. The molecule has 0 fully saturated rings. The smallest absolute Gasteiger partial charge is 0.356 e. The molecule has 0 saturated heterocycles. The first kappa shape index (κ1) is 12.9. The molecule has 2 heterocycles. The van der Waals surface area contributed by atoms with Crippen molar-refractivity contribution in [1.29, 1.82) is 0 Å². The van der Waals surface area contributed by atoms with E-state index in [0.717, 1.165) is 17.7 Å². The van der Waals surface area contributed by atoms with Crippen LogP contribution < -0.4 is 5.32 Å². The average Bonchev–Trinajstić information content (AvgIpc) is 2.45. The molecule has 0 aliphatic heterocycles. The molecule has 0 saturated carbocycles. The van der Waals surface area contributed by atoms with Crippen LogP contribution in [0.15, 0.2) is 30.7 Å². The Balaban J connectivity index is 2.10. The molecule has 2 aromatic rings. The van der Waals surface area contributed by atoms with Gasteiger partial charge in [0.25, 0.3) is 0 Å². The van der Waals surface area contributed by atoms with Crippen molar-refractivity contribution < 1.29 is 9.90 Å². The molecule has 0 spiro atoms. The number of pyridine rings is 1. The largest absolute Gasteiger partial charge is 0.476 e. The fourth-order valence-electron chi connectivity index (χ4n) is 1.68. The van der Waals surface area contributed by atoms with Gasteiger partial charge in [-0.1, -0.05) is 13.0 Å². The SMILES string of the molecule is CCc1cccnc1CNc1cncc(C(=O)O)n1. The minimum atomic E-state index is -1.09. The van der Waals surface area contributed by atoms with Crippen LogP contribution in [0, 0.1) is 0 Å². The fourth-order valence-corrected chi connectivity index (χ4v) is 1.68. The lowest BCUT2D eigenvalue weighted by atomic mass is 10.1. The summed E-state index contributed by atoms with van der Waals surface area (Å²) in [6, 6.07) is 3.91. The second-order valence-electron chi connectivity index (χ2n) is 3.91. The summed E-state index contributed by atoms with van der Waals surface area (Å²) in [5, 5.41) is 11.9. The third-order valence-electron chi connectivity index (χ3n) is 2.66. The van der Waals surface area contributed by atoms with Gasteiger partial charge in [0, 0.05) is 6.20 Å². The van der Waals surface area contributed by atoms with Gasteiger partial charge < -0.3 is 10.4 Å². The number of carboxylic acids is 1. The summed E-state index contributed by atoms with van der Waals surface area (Å²) in [5.74, 6) is -0.671. The lowest BCUT2D eigenvalue weighted by molar-refractivity contribution is 0.0690. The van der Waals surface area contributed by atoms with Crippen LogP contribution in [-0.4, -0.2) is 26.0 Å². The summed E-state index contributed by atoms with van der Waals surface area (Å²) >= 11 is 0. The van der Waals surface area contributed by atoms with Crippen LogP contribution in [0.2, 0.25) is 0 Å². The lowest BCUT2D eigenvalue weighted by Gasteiger charge is -2.08. The molecule has 0 aliphatic carbocycles. The monoisotopic (exact) mass is 258 g/mol. The zero-order valence-corrected chi connectivity index (χ0v) is 10.5. The second kappa shape index (κ2) is 5.90. The van der Waals surface area contributed by atoms with Gasteiger partial charge in [0.2, 0.25) is 0 Å².